The molecule has 0 aliphatic carbocycles. The van der Waals surface area contributed by atoms with Gasteiger partial charge in [0.05, 0.1) is 10.7 Å². The number of rotatable bonds is 5. The fraction of sp³-hybridized carbons (Fsp3) is 0.0909. The van der Waals surface area contributed by atoms with Crippen molar-refractivity contribution in [2.45, 2.75) is 19.0 Å². The molecule has 0 saturated carbocycles. The van der Waals surface area contributed by atoms with E-state index in [-0.39, 0.29) is 32.2 Å². The molecule has 2 aromatic carbocycles. The number of nitrogens with zero attached hydrogens (tertiary/aromatic N) is 3. The van der Waals surface area contributed by atoms with E-state index in [1.807, 2.05) is 0 Å². The maximum absolute atomic E-state index is 14.4. The van der Waals surface area contributed by atoms with E-state index in [0.29, 0.717) is 11.4 Å². The van der Waals surface area contributed by atoms with Gasteiger partial charge >= 0.3 is 0 Å². The molecular formula is C22H15ClF2N4O2S. The number of carbonyl (C=O) groups is 2. The second-order valence-electron chi connectivity index (χ2n) is 6.89. The van der Waals surface area contributed by atoms with E-state index in [0.717, 1.165) is 28.8 Å². The van der Waals surface area contributed by atoms with Crippen LogP contribution in [0.4, 0.5) is 20.2 Å². The van der Waals surface area contributed by atoms with Gasteiger partial charge in [-0.25, -0.2) is 23.6 Å². The van der Waals surface area contributed by atoms with Gasteiger partial charge in [-0.2, -0.15) is 0 Å². The van der Waals surface area contributed by atoms with Crippen molar-refractivity contribution in [2.75, 3.05) is 10.2 Å². The van der Waals surface area contributed by atoms with Crippen molar-refractivity contribution in [3.8, 4) is 0 Å². The number of aryl methyl sites for hydroxylation is 2. The molecule has 1 aliphatic rings. The lowest BCUT2D eigenvalue weighted by Gasteiger charge is -2.16. The van der Waals surface area contributed by atoms with Gasteiger partial charge in [0, 0.05) is 17.1 Å². The Morgan fingerprint density at radius 3 is 2.28 bits per heavy atom. The van der Waals surface area contributed by atoms with Gasteiger partial charge in [-0.15, -0.1) is 0 Å². The average Bonchev–Trinajstić information content (AvgIpc) is 2.94. The van der Waals surface area contributed by atoms with E-state index in [1.54, 1.807) is 19.9 Å². The molecule has 0 unspecified atom stereocenters. The van der Waals surface area contributed by atoms with E-state index in [1.165, 1.54) is 30.3 Å². The minimum Gasteiger partial charge on any atom is -0.350 e. The van der Waals surface area contributed by atoms with Crippen LogP contribution in [-0.2, 0) is 9.59 Å². The quantitative estimate of drug-likeness (QED) is 0.415. The molecule has 0 saturated heterocycles. The highest BCUT2D eigenvalue weighted by Crippen LogP contribution is 2.37. The summed E-state index contributed by atoms with van der Waals surface area (Å²) in [6.07, 6.45) is 0. The molecule has 3 aromatic rings. The van der Waals surface area contributed by atoms with E-state index >= 15 is 0 Å². The summed E-state index contributed by atoms with van der Waals surface area (Å²) in [5.41, 5.74) is 1.35. The Hall–Kier alpha value is -3.30. The Kier molecular flexibility index (Phi) is 5.94. The third-order valence-electron chi connectivity index (χ3n) is 4.48. The molecule has 1 aromatic heterocycles. The zero-order chi connectivity index (χ0) is 23.0. The van der Waals surface area contributed by atoms with Crippen LogP contribution in [0.2, 0.25) is 5.02 Å². The molecule has 2 heterocycles. The van der Waals surface area contributed by atoms with Gasteiger partial charge in [-0.05, 0) is 62.0 Å². The van der Waals surface area contributed by atoms with Gasteiger partial charge in [0.1, 0.15) is 22.2 Å². The van der Waals surface area contributed by atoms with Crippen LogP contribution in [0.25, 0.3) is 0 Å². The standard InChI is InChI=1S/C22H15ClF2N4O2S/c1-11-9-12(2)27-22(26-11)32-19-18(28-13-7-8-15(24)14(23)10-13)20(30)29(21(19)31)17-6-4-3-5-16(17)25/h3-10,28H,1-2H3. The topological polar surface area (TPSA) is 75.2 Å². The summed E-state index contributed by atoms with van der Waals surface area (Å²) in [7, 11) is 0. The minimum absolute atomic E-state index is 0.0244. The zero-order valence-electron chi connectivity index (χ0n) is 16.8. The number of hydrogen-bond donors (Lipinski definition) is 1. The zero-order valence-corrected chi connectivity index (χ0v) is 18.4. The van der Waals surface area contributed by atoms with E-state index in [2.05, 4.69) is 15.3 Å². The Morgan fingerprint density at radius 2 is 1.62 bits per heavy atom. The summed E-state index contributed by atoms with van der Waals surface area (Å²) < 4.78 is 28.0. The Labute approximate surface area is 191 Å². The molecule has 0 atom stereocenters. The molecule has 0 radical (unpaired) electrons. The van der Waals surface area contributed by atoms with Gasteiger partial charge in [0.2, 0.25) is 0 Å². The number of carbonyl (C=O) groups excluding carboxylic acids is 2. The van der Waals surface area contributed by atoms with Crippen LogP contribution < -0.4 is 10.2 Å². The predicted octanol–water partition coefficient (Wildman–Crippen LogP) is 5.01. The second kappa shape index (κ2) is 8.68. The highest BCUT2D eigenvalue weighted by molar-refractivity contribution is 8.04. The smallest absolute Gasteiger partial charge is 0.283 e. The van der Waals surface area contributed by atoms with Gasteiger partial charge in [0.25, 0.3) is 11.8 Å². The van der Waals surface area contributed by atoms with Crippen molar-refractivity contribution in [1.29, 1.82) is 0 Å². The van der Waals surface area contributed by atoms with Crippen molar-refractivity contribution < 1.29 is 18.4 Å². The van der Waals surface area contributed by atoms with Crippen molar-refractivity contribution in [3.63, 3.8) is 0 Å². The number of imide groups is 1. The summed E-state index contributed by atoms with van der Waals surface area (Å²) in [4.78, 5) is 35.8. The SMILES string of the molecule is Cc1cc(C)nc(SC2=C(Nc3ccc(F)c(Cl)c3)C(=O)N(c3ccccc3F)C2=O)n1. The Balaban J connectivity index is 1.79. The highest BCUT2D eigenvalue weighted by Gasteiger charge is 2.41. The number of amides is 2. The number of halogens is 3. The van der Waals surface area contributed by atoms with Crippen LogP contribution >= 0.6 is 23.4 Å². The third-order valence-corrected chi connectivity index (χ3v) is 5.72. The predicted molar refractivity (Wildman–Crippen MR) is 118 cm³/mol. The number of hydrogen-bond acceptors (Lipinski definition) is 6. The molecule has 1 aliphatic heterocycles. The molecule has 0 fully saturated rings. The summed E-state index contributed by atoms with van der Waals surface area (Å²) >= 11 is 6.73. The van der Waals surface area contributed by atoms with Gasteiger partial charge in [0.15, 0.2) is 5.16 Å². The third kappa shape index (κ3) is 4.21. The van der Waals surface area contributed by atoms with Crippen molar-refractivity contribution >= 4 is 46.6 Å². The number of aromatic nitrogens is 2. The first-order valence-corrected chi connectivity index (χ1v) is 10.5. The molecule has 4 rings (SSSR count). The molecule has 0 spiro atoms. The lowest BCUT2D eigenvalue weighted by Crippen LogP contribution is -2.33. The first kappa shape index (κ1) is 21.9. The van der Waals surface area contributed by atoms with Crippen molar-refractivity contribution in [1.82, 2.24) is 9.97 Å². The summed E-state index contributed by atoms with van der Waals surface area (Å²) in [5, 5.41) is 2.92. The fourth-order valence-electron chi connectivity index (χ4n) is 3.12. The van der Waals surface area contributed by atoms with Gasteiger partial charge < -0.3 is 5.32 Å². The molecule has 162 valence electrons. The first-order chi connectivity index (χ1) is 15.2. The minimum atomic E-state index is -0.771. The number of para-hydroxylation sites is 1. The summed E-state index contributed by atoms with van der Waals surface area (Å²) in [6, 6.07) is 11.0. The Morgan fingerprint density at radius 1 is 0.938 bits per heavy atom. The van der Waals surface area contributed by atoms with E-state index in [9.17, 15) is 18.4 Å². The molecule has 6 nitrogen and oxygen atoms in total. The second-order valence-corrected chi connectivity index (χ2v) is 8.28. The number of anilines is 2. The molecule has 1 N–H and O–H groups in total. The maximum Gasteiger partial charge on any atom is 0.283 e. The number of thioether (sulfide) groups is 1. The molecule has 10 heteroatoms. The van der Waals surface area contributed by atoms with Crippen LogP contribution in [0.1, 0.15) is 11.4 Å². The molecular weight excluding hydrogens is 458 g/mol. The van der Waals surface area contributed by atoms with Gasteiger partial charge in [-0.3, -0.25) is 9.59 Å². The number of benzene rings is 2. The fourth-order valence-corrected chi connectivity index (χ4v) is 4.28. The van der Waals surface area contributed by atoms with Crippen LogP contribution in [-0.4, -0.2) is 21.8 Å². The van der Waals surface area contributed by atoms with E-state index < -0.39 is 23.4 Å². The van der Waals surface area contributed by atoms with Crippen molar-refractivity contribution in [2.24, 2.45) is 0 Å². The van der Waals surface area contributed by atoms with Crippen LogP contribution in [0.3, 0.4) is 0 Å². The molecule has 0 bridgehead atoms. The normalized spacial score (nSPS) is 13.8. The molecule has 32 heavy (non-hydrogen) atoms. The first-order valence-electron chi connectivity index (χ1n) is 9.34. The van der Waals surface area contributed by atoms with Crippen molar-refractivity contribution in [3.05, 3.63) is 87.2 Å². The summed E-state index contributed by atoms with van der Waals surface area (Å²) in [6.45, 7) is 3.56. The van der Waals surface area contributed by atoms with E-state index in [4.69, 9.17) is 11.6 Å². The van der Waals surface area contributed by atoms with Crippen LogP contribution in [0.5, 0.6) is 0 Å². The lowest BCUT2D eigenvalue weighted by molar-refractivity contribution is -0.120. The number of nitrogens with one attached hydrogen (secondary N) is 1. The maximum atomic E-state index is 14.4. The monoisotopic (exact) mass is 472 g/mol. The van der Waals surface area contributed by atoms with Crippen LogP contribution in [0, 0.1) is 25.5 Å². The highest BCUT2D eigenvalue weighted by atomic mass is 35.5. The molecule has 2 amide bonds. The van der Waals surface area contributed by atoms with Gasteiger partial charge in [-0.1, -0.05) is 23.7 Å². The Bertz CT molecular complexity index is 1280. The van der Waals surface area contributed by atoms with Crippen LogP contribution in [0.15, 0.2) is 64.3 Å². The largest absolute Gasteiger partial charge is 0.350 e. The summed E-state index contributed by atoms with van der Waals surface area (Å²) in [5.74, 6) is -2.87. The average molecular weight is 473 g/mol. The lowest BCUT2D eigenvalue weighted by atomic mass is 10.2.